The van der Waals surface area contributed by atoms with Gasteiger partial charge in [-0.2, -0.15) is 0 Å². The largest absolute Gasteiger partial charge is 0.450 e. The van der Waals surface area contributed by atoms with Crippen molar-refractivity contribution in [1.29, 1.82) is 0 Å². The molecule has 1 aliphatic carbocycles. The first-order chi connectivity index (χ1) is 13.6. The highest BCUT2D eigenvalue weighted by Crippen LogP contribution is 2.40. The Balaban J connectivity index is 1.19. The van der Waals surface area contributed by atoms with E-state index in [0.717, 1.165) is 50.6 Å². The summed E-state index contributed by atoms with van der Waals surface area (Å²) in [6.07, 6.45) is 3.92. The lowest BCUT2D eigenvalue weighted by atomic mass is 9.97. The van der Waals surface area contributed by atoms with E-state index in [2.05, 4.69) is 15.1 Å². The molecular formula is C19H29N5O4. The molecule has 154 valence electrons. The quantitative estimate of drug-likeness (QED) is 0.750. The molecule has 2 saturated heterocycles. The smallest absolute Gasteiger partial charge is 0.409 e. The number of amides is 2. The normalized spacial score (nSPS) is 21.8. The Morgan fingerprint density at radius 3 is 2.07 bits per heavy atom. The van der Waals surface area contributed by atoms with Crippen molar-refractivity contribution in [2.75, 3.05) is 52.4 Å². The van der Waals surface area contributed by atoms with Crippen LogP contribution in [0.2, 0.25) is 0 Å². The van der Waals surface area contributed by atoms with E-state index in [0.29, 0.717) is 51.2 Å². The standard InChI is InChI=1S/C19H29N5O4/c1-2-27-19(26)24-11-9-23(10-12-24)16(25)13-22-7-5-15(6-8-22)18-21-20-17(28-18)14-3-4-14/h14-15H,2-13H2,1H3. The zero-order chi connectivity index (χ0) is 19.5. The minimum atomic E-state index is -0.289. The third kappa shape index (κ3) is 4.45. The van der Waals surface area contributed by atoms with Gasteiger partial charge in [-0.05, 0) is 45.7 Å². The van der Waals surface area contributed by atoms with Crippen LogP contribution in [0.5, 0.6) is 0 Å². The Bertz CT molecular complexity index is 688. The predicted octanol–water partition coefficient (Wildman–Crippen LogP) is 1.43. The number of hydrogen-bond donors (Lipinski definition) is 0. The van der Waals surface area contributed by atoms with E-state index in [1.165, 1.54) is 0 Å². The number of rotatable bonds is 5. The van der Waals surface area contributed by atoms with Crippen molar-refractivity contribution in [2.24, 2.45) is 0 Å². The van der Waals surface area contributed by atoms with Crippen molar-refractivity contribution in [1.82, 2.24) is 24.9 Å². The van der Waals surface area contributed by atoms with Crippen molar-refractivity contribution in [3.63, 3.8) is 0 Å². The SMILES string of the molecule is CCOC(=O)N1CCN(C(=O)CN2CCC(c3nnc(C4CC4)o3)CC2)CC1. The van der Waals surface area contributed by atoms with Crippen LogP contribution in [0.1, 0.15) is 56.2 Å². The predicted molar refractivity (Wildman–Crippen MR) is 99.9 cm³/mol. The molecule has 3 fully saturated rings. The lowest BCUT2D eigenvalue weighted by Crippen LogP contribution is -2.53. The second kappa shape index (κ2) is 8.46. The summed E-state index contributed by atoms with van der Waals surface area (Å²) in [6.45, 7) is 6.54. The Morgan fingerprint density at radius 2 is 1.50 bits per heavy atom. The summed E-state index contributed by atoms with van der Waals surface area (Å²) in [5.74, 6) is 2.50. The molecule has 1 aromatic heterocycles. The molecule has 0 aromatic carbocycles. The molecule has 0 N–H and O–H groups in total. The van der Waals surface area contributed by atoms with Gasteiger partial charge in [-0.25, -0.2) is 4.79 Å². The van der Waals surface area contributed by atoms with Crippen LogP contribution in [0.15, 0.2) is 4.42 Å². The summed E-state index contributed by atoms with van der Waals surface area (Å²) in [7, 11) is 0. The molecule has 9 heteroatoms. The summed E-state index contributed by atoms with van der Waals surface area (Å²) in [5.41, 5.74) is 0. The van der Waals surface area contributed by atoms with Gasteiger partial charge in [0.1, 0.15) is 0 Å². The highest BCUT2D eigenvalue weighted by molar-refractivity contribution is 5.78. The first kappa shape index (κ1) is 19.2. The maximum absolute atomic E-state index is 12.6. The monoisotopic (exact) mass is 391 g/mol. The van der Waals surface area contributed by atoms with E-state index >= 15 is 0 Å². The number of carbonyl (C=O) groups excluding carboxylic acids is 2. The van der Waals surface area contributed by atoms with E-state index < -0.39 is 0 Å². The zero-order valence-corrected chi connectivity index (χ0v) is 16.5. The topological polar surface area (TPSA) is 92.0 Å². The van der Waals surface area contributed by atoms with Crippen molar-refractivity contribution in [3.8, 4) is 0 Å². The summed E-state index contributed by atoms with van der Waals surface area (Å²) < 4.78 is 10.9. The number of likely N-dealkylation sites (tertiary alicyclic amines) is 1. The molecule has 0 bridgehead atoms. The summed E-state index contributed by atoms with van der Waals surface area (Å²) in [6, 6.07) is 0. The fourth-order valence-electron chi connectivity index (χ4n) is 3.89. The van der Waals surface area contributed by atoms with Crippen LogP contribution in [0, 0.1) is 0 Å². The van der Waals surface area contributed by atoms with Crippen LogP contribution in [-0.4, -0.2) is 89.3 Å². The molecule has 0 radical (unpaired) electrons. The van der Waals surface area contributed by atoms with Gasteiger partial charge in [0.25, 0.3) is 0 Å². The zero-order valence-electron chi connectivity index (χ0n) is 16.5. The molecule has 1 saturated carbocycles. The third-order valence-electron chi connectivity index (χ3n) is 5.84. The van der Waals surface area contributed by atoms with Crippen LogP contribution >= 0.6 is 0 Å². The maximum Gasteiger partial charge on any atom is 0.409 e. The maximum atomic E-state index is 12.6. The Morgan fingerprint density at radius 1 is 0.929 bits per heavy atom. The van der Waals surface area contributed by atoms with Gasteiger partial charge in [0, 0.05) is 38.0 Å². The fraction of sp³-hybridized carbons (Fsp3) is 0.789. The van der Waals surface area contributed by atoms with Crippen molar-refractivity contribution in [2.45, 2.75) is 44.4 Å². The Hall–Kier alpha value is -2.16. The third-order valence-corrected chi connectivity index (χ3v) is 5.84. The molecule has 3 heterocycles. The highest BCUT2D eigenvalue weighted by atomic mass is 16.6. The first-order valence-corrected chi connectivity index (χ1v) is 10.4. The van der Waals surface area contributed by atoms with E-state index in [1.807, 2.05) is 4.90 Å². The summed E-state index contributed by atoms with van der Waals surface area (Å²) in [4.78, 5) is 30.1. The van der Waals surface area contributed by atoms with Gasteiger partial charge in [0.2, 0.25) is 17.7 Å². The lowest BCUT2D eigenvalue weighted by Gasteiger charge is -2.36. The molecule has 0 spiro atoms. The molecule has 9 nitrogen and oxygen atoms in total. The van der Waals surface area contributed by atoms with Gasteiger partial charge < -0.3 is 19.0 Å². The number of ether oxygens (including phenoxy) is 1. The molecular weight excluding hydrogens is 362 g/mol. The molecule has 0 unspecified atom stereocenters. The van der Waals surface area contributed by atoms with Gasteiger partial charge in [-0.15, -0.1) is 10.2 Å². The minimum Gasteiger partial charge on any atom is -0.450 e. The van der Waals surface area contributed by atoms with Gasteiger partial charge in [0.15, 0.2) is 0 Å². The molecule has 2 aliphatic heterocycles. The first-order valence-electron chi connectivity index (χ1n) is 10.4. The van der Waals surface area contributed by atoms with E-state index in [1.54, 1.807) is 11.8 Å². The van der Waals surface area contributed by atoms with Crippen LogP contribution in [0.25, 0.3) is 0 Å². The van der Waals surface area contributed by atoms with Crippen LogP contribution in [0.3, 0.4) is 0 Å². The Kier molecular flexibility index (Phi) is 5.79. The van der Waals surface area contributed by atoms with Crippen LogP contribution in [-0.2, 0) is 9.53 Å². The molecule has 0 atom stereocenters. The molecule has 4 rings (SSSR count). The van der Waals surface area contributed by atoms with Crippen LogP contribution < -0.4 is 0 Å². The van der Waals surface area contributed by atoms with E-state index in [9.17, 15) is 9.59 Å². The van der Waals surface area contributed by atoms with Crippen molar-refractivity contribution in [3.05, 3.63) is 11.8 Å². The average Bonchev–Trinajstić information content (AvgIpc) is 3.46. The number of aromatic nitrogens is 2. The Labute approximate surface area is 165 Å². The van der Waals surface area contributed by atoms with Gasteiger partial charge in [-0.3, -0.25) is 9.69 Å². The molecule has 3 aliphatic rings. The number of carbonyl (C=O) groups is 2. The fourth-order valence-corrected chi connectivity index (χ4v) is 3.89. The number of nitrogens with zero attached hydrogens (tertiary/aromatic N) is 5. The van der Waals surface area contributed by atoms with Crippen molar-refractivity contribution >= 4 is 12.0 Å². The molecule has 1 aromatic rings. The molecule has 28 heavy (non-hydrogen) atoms. The molecule has 2 amide bonds. The van der Waals surface area contributed by atoms with Gasteiger partial charge in [0.05, 0.1) is 13.2 Å². The minimum absolute atomic E-state index is 0.135. The average molecular weight is 391 g/mol. The van der Waals surface area contributed by atoms with Crippen molar-refractivity contribution < 1.29 is 18.7 Å². The summed E-state index contributed by atoms with van der Waals surface area (Å²) >= 11 is 0. The number of piperidine rings is 1. The second-order valence-electron chi connectivity index (χ2n) is 7.87. The highest BCUT2D eigenvalue weighted by Gasteiger charge is 2.32. The van der Waals surface area contributed by atoms with Crippen LogP contribution in [0.4, 0.5) is 4.79 Å². The van der Waals surface area contributed by atoms with Gasteiger partial charge in [-0.1, -0.05) is 0 Å². The number of piperazine rings is 1. The second-order valence-corrected chi connectivity index (χ2v) is 7.87. The summed E-state index contributed by atoms with van der Waals surface area (Å²) in [5, 5.41) is 8.43. The lowest BCUT2D eigenvalue weighted by molar-refractivity contribution is -0.134. The van der Waals surface area contributed by atoms with E-state index in [4.69, 9.17) is 9.15 Å². The number of hydrogen-bond acceptors (Lipinski definition) is 7. The van der Waals surface area contributed by atoms with E-state index in [-0.39, 0.29) is 12.0 Å². The van der Waals surface area contributed by atoms with Gasteiger partial charge >= 0.3 is 6.09 Å².